The molecule has 0 spiro atoms. The molecule has 0 fully saturated rings. The van der Waals surface area contributed by atoms with E-state index in [0.717, 1.165) is 22.5 Å². The molecule has 1 aromatic carbocycles. The van der Waals surface area contributed by atoms with E-state index in [2.05, 4.69) is 20.4 Å². The van der Waals surface area contributed by atoms with Crippen LogP contribution >= 0.6 is 0 Å². The Bertz CT molecular complexity index is 1070. The minimum atomic E-state index is 0.435. The van der Waals surface area contributed by atoms with E-state index in [1.807, 2.05) is 54.7 Å². The Labute approximate surface area is 175 Å². The fraction of sp³-hybridized carbons (Fsp3) is 0.174. The minimum Gasteiger partial charge on any atom is -0.493 e. The number of hydrogen-bond donors (Lipinski definition) is 1. The molecule has 0 aliphatic heterocycles. The van der Waals surface area contributed by atoms with Crippen LogP contribution in [-0.2, 0) is 19.7 Å². The van der Waals surface area contributed by atoms with Crippen molar-refractivity contribution in [3.8, 4) is 17.3 Å². The Morgan fingerprint density at radius 2 is 1.87 bits per heavy atom. The molecule has 0 atom stereocenters. The summed E-state index contributed by atoms with van der Waals surface area (Å²) >= 11 is 0. The summed E-state index contributed by atoms with van der Waals surface area (Å²) in [4.78, 5) is 8.57. The highest BCUT2D eigenvalue weighted by molar-refractivity contribution is 5.43. The molecule has 0 saturated heterocycles. The largest absolute Gasteiger partial charge is 0.493 e. The van der Waals surface area contributed by atoms with Crippen LogP contribution in [0, 0.1) is 0 Å². The van der Waals surface area contributed by atoms with Gasteiger partial charge in [-0.3, -0.25) is 4.98 Å². The van der Waals surface area contributed by atoms with Crippen LogP contribution in [0.1, 0.15) is 16.7 Å². The smallest absolute Gasteiger partial charge is 0.161 e. The summed E-state index contributed by atoms with van der Waals surface area (Å²) in [5.74, 6) is 2.24. The molecule has 0 bridgehead atoms. The molecule has 1 N–H and O–H groups in total. The van der Waals surface area contributed by atoms with Gasteiger partial charge in [-0.25, -0.2) is 9.67 Å². The number of aromatic nitrogens is 4. The molecule has 4 aromatic rings. The van der Waals surface area contributed by atoms with Crippen molar-refractivity contribution in [3.63, 3.8) is 0 Å². The number of benzene rings is 1. The Hall–Kier alpha value is -3.71. The van der Waals surface area contributed by atoms with Crippen LogP contribution in [0.3, 0.4) is 0 Å². The average Bonchev–Trinajstić information content (AvgIpc) is 3.34. The first kappa shape index (κ1) is 19.6. The minimum absolute atomic E-state index is 0.435. The molecule has 7 heteroatoms. The van der Waals surface area contributed by atoms with Gasteiger partial charge in [-0.1, -0.05) is 18.2 Å². The summed E-state index contributed by atoms with van der Waals surface area (Å²) in [7, 11) is 1.64. The molecule has 0 unspecified atom stereocenters. The summed E-state index contributed by atoms with van der Waals surface area (Å²) < 4.78 is 13.2. The number of methoxy groups -OCH3 is 1. The molecule has 0 radical (unpaired) electrons. The summed E-state index contributed by atoms with van der Waals surface area (Å²) in [6.07, 6.45) is 8.95. The zero-order chi connectivity index (χ0) is 20.6. The van der Waals surface area contributed by atoms with Gasteiger partial charge in [-0.15, -0.1) is 0 Å². The van der Waals surface area contributed by atoms with Gasteiger partial charge in [0.15, 0.2) is 17.3 Å². The van der Waals surface area contributed by atoms with E-state index in [0.29, 0.717) is 31.2 Å². The predicted molar refractivity (Wildman–Crippen MR) is 113 cm³/mol. The van der Waals surface area contributed by atoms with E-state index >= 15 is 0 Å². The third-order valence-corrected chi connectivity index (χ3v) is 4.58. The first-order valence-electron chi connectivity index (χ1n) is 9.67. The molecule has 3 aromatic heterocycles. The van der Waals surface area contributed by atoms with Crippen molar-refractivity contribution in [2.24, 2.45) is 0 Å². The second-order valence-electron chi connectivity index (χ2n) is 6.68. The second kappa shape index (κ2) is 9.67. The third kappa shape index (κ3) is 4.82. The Morgan fingerprint density at radius 3 is 2.67 bits per heavy atom. The van der Waals surface area contributed by atoms with Crippen LogP contribution in [0.4, 0.5) is 0 Å². The lowest BCUT2D eigenvalue weighted by molar-refractivity contribution is 0.283. The summed E-state index contributed by atoms with van der Waals surface area (Å²) in [6.45, 7) is 1.78. The van der Waals surface area contributed by atoms with Gasteiger partial charge in [0.05, 0.1) is 7.11 Å². The second-order valence-corrected chi connectivity index (χ2v) is 6.68. The van der Waals surface area contributed by atoms with Crippen molar-refractivity contribution in [3.05, 3.63) is 96.2 Å². The van der Waals surface area contributed by atoms with E-state index in [9.17, 15) is 0 Å². The predicted octanol–water partition coefficient (Wildman–Crippen LogP) is 3.54. The molecule has 0 aliphatic carbocycles. The highest BCUT2D eigenvalue weighted by atomic mass is 16.5. The van der Waals surface area contributed by atoms with Crippen LogP contribution in [-0.4, -0.2) is 26.9 Å². The fourth-order valence-corrected chi connectivity index (χ4v) is 3.10. The topological polar surface area (TPSA) is 74.1 Å². The summed E-state index contributed by atoms with van der Waals surface area (Å²) in [6, 6.07) is 15.7. The Kier molecular flexibility index (Phi) is 6.31. The van der Waals surface area contributed by atoms with Crippen LogP contribution in [0.2, 0.25) is 0 Å². The molecule has 3 heterocycles. The van der Waals surface area contributed by atoms with Gasteiger partial charge in [0.1, 0.15) is 6.61 Å². The van der Waals surface area contributed by atoms with Crippen LogP contribution in [0.25, 0.3) is 5.82 Å². The summed E-state index contributed by atoms with van der Waals surface area (Å²) in [5.41, 5.74) is 3.18. The molecule has 0 saturated carbocycles. The number of ether oxygens (including phenoxy) is 2. The van der Waals surface area contributed by atoms with Gasteiger partial charge in [-0.2, -0.15) is 5.10 Å². The number of rotatable bonds is 9. The first-order chi connectivity index (χ1) is 14.8. The monoisotopic (exact) mass is 401 g/mol. The van der Waals surface area contributed by atoms with E-state index in [4.69, 9.17) is 9.47 Å². The van der Waals surface area contributed by atoms with Crippen molar-refractivity contribution in [1.29, 1.82) is 0 Å². The van der Waals surface area contributed by atoms with Crippen molar-refractivity contribution in [2.75, 3.05) is 7.11 Å². The quantitative estimate of drug-likeness (QED) is 0.462. The van der Waals surface area contributed by atoms with Gasteiger partial charge in [0, 0.05) is 55.2 Å². The molecule has 152 valence electrons. The number of nitrogens with zero attached hydrogens (tertiary/aromatic N) is 4. The summed E-state index contributed by atoms with van der Waals surface area (Å²) in [5, 5.41) is 7.75. The zero-order valence-electron chi connectivity index (χ0n) is 16.7. The lowest BCUT2D eigenvalue weighted by Crippen LogP contribution is -2.15. The lowest BCUT2D eigenvalue weighted by atomic mass is 10.2. The van der Waals surface area contributed by atoms with Gasteiger partial charge >= 0.3 is 0 Å². The molecular weight excluding hydrogens is 378 g/mol. The maximum atomic E-state index is 5.97. The lowest BCUT2D eigenvalue weighted by Gasteiger charge is -2.13. The molecule has 0 amide bonds. The van der Waals surface area contributed by atoms with Crippen LogP contribution in [0.15, 0.2) is 79.5 Å². The zero-order valence-corrected chi connectivity index (χ0v) is 16.7. The Morgan fingerprint density at radius 1 is 0.933 bits per heavy atom. The van der Waals surface area contributed by atoms with Gasteiger partial charge in [0.2, 0.25) is 0 Å². The van der Waals surface area contributed by atoms with Crippen molar-refractivity contribution >= 4 is 0 Å². The maximum absolute atomic E-state index is 5.97. The highest BCUT2D eigenvalue weighted by Gasteiger charge is 2.08. The molecule has 30 heavy (non-hydrogen) atoms. The van der Waals surface area contributed by atoms with E-state index in [1.165, 1.54) is 0 Å². The average molecular weight is 401 g/mol. The fourth-order valence-electron chi connectivity index (χ4n) is 3.10. The van der Waals surface area contributed by atoms with E-state index in [-0.39, 0.29) is 0 Å². The van der Waals surface area contributed by atoms with Crippen molar-refractivity contribution in [2.45, 2.75) is 19.7 Å². The standard InChI is InChI=1S/C23H23N5O2/c1-29-21-8-7-18(13-22(21)30-17-19-5-2-9-24-15-19)14-25-16-20-6-3-10-26-23(20)28-12-4-11-27-28/h2-13,15,25H,14,16-17H2,1H3. The van der Waals surface area contributed by atoms with Gasteiger partial charge < -0.3 is 14.8 Å². The van der Waals surface area contributed by atoms with Crippen LogP contribution in [0.5, 0.6) is 11.5 Å². The maximum Gasteiger partial charge on any atom is 0.161 e. The van der Waals surface area contributed by atoms with Crippen LogP contribution < -0.4 is 14.8 Å². The molecule has 4 rings (SSSR count). The number of pyridine rings is 2. The van der Waals surface area contributed by atoms with E-state index < -0.39 is 0 Å². The van der Waals surface area contributed by atoms with Crippen molar-refractivity contribution in [1.82, 2.24) is 25.1 Å². The van der Waals surface area contributed by atoms with Gasteiger partial charge in [0.25, 0.3) is 0 Å². The van der Waals surface area contributed by atoms with E-state index in [1.54, 1.807) is 36.6 Å². The molecule has 0 aliphatic rings. The first-order valence-corrected chi connectivity index (χ1v) is 9.67. The number of nitrogens with one attached hydrogen (secondary N) is 1. The normalized spacial score (nSPS) is 10.7. The molecular formula is C23H23N5O2. The van der Waals surface area contributed by atoms with Gasteiger partial charge in [-0.05, 0) is 35.9 Å². The highest BCUT2D eigenvalue weighted by Crippen LogP contribution is 2.29. The Balaban J connectivity index is 1.41. The number of hydrogen-bond acceptors (Lipinski definition) is 6. The molecule has 7 nitrogen and oxygen atoms in total. The SMILES string of the molecule is COc1ccc(CNCc2cccnc2-n2cccn2)cc1OCc1cccnc1. The third-order valence-electron chi connectivity index (χ3n) is 4.58. The van der Waals surface area contributed by atoms with Crippen molar-refractivity contribution < 1.29 is 9.47 Å².